The summed E-state index contributed by atoms with van der Waals surface area (Å²) in [6.07, 6.45) is 1.39. The van der Waals surface area contributed by atoms with Crippen molar-refractivity contribution >= 4 is 46.2 Å². The maximum atomic E-state index is 12.6. The van der Waals surface area contributed by atoms with Gasteiger partial charge in [-0.15, -0.1) is 0 Å². The molecule has 0 atom stereocenters. The van der Waals surface area contributed by atoms with E-state index in [1.54, 1.807) is 30.3 Å². The molecule has 3 N–H and O–H groups in total. The Bertz CT molecular complexity index is 1450. The van der Waals surface area contributed by atoms with Gasteiger partial charge in [0.15, 0.2) is 16.6 Å². The van der Waals surface area contributed by atoms with Crippen LogP contribution in [0.1, 0.15) is 21.1 Å². The zero-order chi connectivity index (χ0) is 25.7. The summed E-state index contributed by atoms with van der Waals surface area (Å²) in [6.45, 7) is 0. The van der Waals surface area contributed by atoms with Crippen LogP contribution in [0.15, 0.2) is 81.8 Å². The highest BCUT2D eigenvalue weighted by molar-refractivity contribution is 7.80. The van der Waals surface area contributed by atoms with Crippen LogP contribution in [-0.4, -0.2) is 29.0 Å². The molecule has 11 nitrogen and oxygen atoms in total. The van der Waals surface area contributed by atoms with Gasteiger partial charge in [-0.3, -0.25) is 25.0 Å². The number of hydrogen-bond acceptors (Lipinski definition) is 8. The first-order chi connectivity index (χ1) is 17.4. The minimum atomic E-state index is -0.668. The van der Waals surface area contributed by atoms with Gasteiger partial charge in [0.1, 0.15) is 11.5 Å². The molecule has 0 aliphatic rings. The molecule has 2 aromatic carbocycles. The highest BCUT2D eigenvalue weighted by Gasteiger charge is 2.20. The van der Waals surface area contributed by atoms with Gasteiger partial charge >= 0.3 is 0 Å². The Morgan fingerprint density at radius 3 is 2.50 bits per heavy atom. The Hall–Kier alpha value is -4.97. The lowest BCUT2D eigenvalue weighted by atomic mass is 10.1. The molecule has 0 saturated heterocycles. The monoisotopic (exact) mass is 506 g/mol. The van der Waals surface area contributed by atoms with Crippen molar-refractivity contribution in [1.82, 2.24) is 5.32 Å². The number of thiocarbonyl (C=S) groups is 1. The predicted molar refractivity (Wildman–Crippen MR) is 134 cm³/mol. The second-order valence-corrected chi connectivity index (χ2v) is 7.60. The SMILES string of the molecule is COc1ccc(NC(=O)c2ccco2)cc1NC(=S)NC(=O)c1ccc(-c2ccccc2[N+](=O)[O-])o1. The number of methoxy groups -OCH3 is 1. The fourth-order valence-electron chi connectivity index (χ4n) is 3.25. The maximum absolute atomic E-state index is 12.6. The topological polar surface area (TPSA) is 149 Å². The quantitative estimate of drug-likeness (QED) is 0.182. The van der Waals surface area contributed by atoms with Crippen LogP contribution in [0.3, 0.4) is 0 Å². The van der Waals surface area contributed by atoms with Crippen molar-refractivity contribution in [2.45, 2.75) is 0 Å². The third-order valence-electron chi connectivity index (χ3n) is 4.87. The van der Waals surface area contributed by atoms with E-state index in [0.717, 1.165) is 0 Å². The number of para-hydroxylation sites is 1. The van der Waals surface area contributed by atoms with Gasteiger partial charge < -0.3 is 24.2 Å². The summed E-state index contributed by atoms with van der Waals surface area (Å²) in [5, 5.41) is 19.2. The molecule has 0 fully saturated rings. The molecule has 4 aromatic rings. The average Bonchev–Trinajstić information content (AvgIpc) is 3.57. The smallest absolute Gasteiger partial charge is 0.293 e. The molecule has 12 heteroatoms. The van der Waals surface area contributed by atoms with E-state index in [9.17, 15) is 19.7 Å². The van der Waals surface area contributed by atoms with Crippen LogP contribution in [0.4, 0.5) is 17.1 Å². The van der Waals surface area contributed by atoms with E-state index in [0.29, 0.717) is 17.1 Å². The van der Waals surface area contributed by atoms with Gasteiger partial charge in [0.2, 0.25) is 0 Å². The van der Waals surface area contributed by atoms with Crippen LogP contribution < -0.4 is 20.7 Å². The third-order valence-corrected chi connectivity index (χ3v) is 5.08. The van der Waals surface area contributed by atoms with Crippen molar-refractivity contribution in [2.75, 3.05) is 17.7 Å². The van der Waals surface area contributed by atoms with E-state index in [-0.39, 0.29) is 33.6 Å². The van der Waals surface area contributed by atoms with Crippen molar-refractivity contribution in [3.05, 3.63) is 94.6 Å². The Labute approximate surface area is 209 Å². The molecule has 0 radical (unpaired) electrons. The minimum absolute atomic E-state index is 0.0727. The van der Waals surface area contributed by atoms with Crippen LogP contribution in [0.25, 0.3) is 11.3 Å². The summed E-state index contributed by atoms with van der Waals surface area (Å²) in [5.74, 6) is -0.509. The van der Waals surface area contributed by atoms with E-state index in [1.165, 1.54) is 49.8 Å². The van der Waals surface area contributed by atoms with Gasteiger partial charge in [-0.05, 0) is 60.7 Å². The van der Waals surface area contributed by atoms with Gasteiger partial charge in [0.05, 0.1) is 29.5 Å². The van der Waals surface area contributed by atoms with Gasteiger partial charge in [0.25, 0.3) is 17.5 Å². The van der Waals surface area contributed by atoms with Gasteiger partial charge in [-0.1, -0.05) is 12.1 Å². The van der Waals surface area contributed by atoms with E-state index in [2.05, 4.69) is 16.0 Å². The number of hydrogen-bond donors (Lipinski definition) is 3. The second kappa shape index (κ2) is 10.5. The van der Waals surface area contributed by atoms with E-state index in [1.807, 2.05) is 0 Å². The first kappa shape index (κ1) is 24.2. The fraction of sp³-hybridized carbons (Fsp3) is 0.0417. The number of nitrogens with one attached hydrogen (secondary N) is 3. The fourth-order valence-corrected chi connectivity index (χ4v) is 3.45. The van der Waals surface area contributed by atoms with Crippen molar-refractivity contribution < 1.29 is 28.1 Å². The molecule has 0 unspecified atom stereocenters. The first-order valence-corrected chi connectivity index (χ1v) is 10.8. The zero-order valence-electron chi connectivity index (χ0n) is 18.6. The molecule has 2 aromatic heterocycles. The second-order valence-electron chi connectivity index (χ2n) is 7.19. The number of nitro groups is 1. The number of benzene rings is 2. The van der Waals surface area contributed by atoms with Gasteiger partial charge in [0, 0.05) is 11.8 Å². The highest BCUT2D eigenvalue weighted by Crippen LogP contribution is 2.31. The summed E-state index contributed by atoms with van der Waals surface area (Å²) < 4.78 is 15.9. The van der Waals surface area contributed by atoms with Crippen LogP contribution in [-0.2, 0) is 0 Å². The van der Waals surface area contributed by atoms with Gasteiger partial charge in [-0.25, -0.2) is 0 Å². The lowest BCUT2D eigenvalue weighted by molar-refractivity contribution is -0.384. The minimum Gasteiger partial charge on any atom is -0.495 e. The standard InChI is InChI=1S/C24H18N4O7S/c1-33-19-9-8-14(25-22(29)20-7-4-12-34-20)13-16(19)26-24(36)27-23(30)21-11-10-18(35-21)15-5-2-3-6-17(15)28(31)32/h2-13H,1H3,(H,25,29)(H2,26,27,30,36). The summed E-state index contributed by atoms with van der Waals surface area (Å²) in [6, 6.07) is 16.8. The molecule has 0 spiro atoms. The molecule has 36 heavy (non-hydrogen) atoms. The molecule has 0 aliphatic carbocycles. The lowest BCUT2D eigenvalue weighted by Gasteiger charge is -2.14. The predicted octanol–water partition coefficient (Wildman–Crippen LogP) is 4.84. The molecule has 0 aliphatic heterocycles. The lowest BCUT2D eigenvalue weighted by Crippen LogP contribution is -2.34. The molecule has 0 saturated carbocycles. The molecule has 2 heterocycles. The molecular weight excluding hydrogens is 488 g/mol. The van der Waals surface area contributed by atoms with Crippen molar-refractivity contribution in [3.8, 4) is 17.1 Å². The van der Waals surface area contributed by atoms with Crippen LogP contribution in [0.2, 0.25) is 0 Å². The van der Waals surface area contributed by atoms with Crippen molar-refractivity contribution in [3.63, 3.8) is 0 Å². The first-order valence-electron chi connectivity index (χ1n) is 10.3. The van der Waals surface area contributed by atoms with Crippen LogP contribution in [0, 0.1) is 10.1 Å². The van der Waals surface area contributed by atoms with Crippen molar-refractivity contribution in [1.29, 1.82) is 0 Å². The Morgan fingerprint density at radius 2 is 1.78 bits per heavy atom. The number of rotatable bonds is 7. The molecule has 2 amide bonds. The number of furan rings is 2. The van der Waals surface area contributed by atoms with E-state index >= 15 is 0 Å². The average molecular weight is 506 g/mol. The van der Waals surface area contributed by atoms with E-state index in [4.69, 9.17) is 25.8 Å². The number of nitro benzene ring substituents is 1. The number of carbonyl (C=O) groups excluding carboxylic acids is 2. The highest BCUT2D eigenvalue weighted by atomic mass is 32.1. The maximum Gasteiger partial charge on any atom is 0.293 e. The number of anilines is 2. The Kier molecular flexibility index (Phi) is 7.07. The molecule has 4 rings (SSSR count). The number of nitrogens with zero attached hydrogens (tertiary/aromatic N) is 1. The Morgan fingerprint density at radius 1 is 0.972 bits per heavy atom. The summed E-state index contributed by atoms with van der Waals surface area (Å²) in [7, 11) is 1.45. The number of carbonyl (C=O) groups is 2. The largest absolute Gasteiger partial charge is 0.495 e. The summed E-state index contributed by atoms with van der Waals surface area (Å²) >= 11 is 5.24. The van der Waals surface area contributed by atoms with Gasteiger partial charge in [-0.2, -0.15) is 0 Å². The third kappa shape index (κ3) is 5.39. The summed E-state index contributed by atoms with van der Waals surface area (Å²) in [5.41, 5.74) is 0.886. The zero-order valence-corrected chi connectivity index (χ0v) is 19.5. The molecule has 182 valence electrons. The molecular formula is C24H18N4O7S. The number of amides is 2. The number of ether oxygens (including phenoxy) is 1. The molecule has 0 bridgehead atoms. The van der Waals surface area contributed by atoms with Crippen LogP contribution >= 0.6 is 12.2 Å². The van der Waals surface area contributed by atoms with Crippen LogP contribution in [0.5, 0.6) is 5.75 Å². The van der Waals surface area contributed by atoms with E-state index < -0.39 is 16.7 Å². The normalized spacial score (nSPS) is 10.4. The van der Waals surface area contributed by atoms with Crippen molar-refractivity contribution in [2.24, 2.45) is 0 Å². The summed E-state index contributed by atoms with van der Waals surface area (Å²) in [4.78, 5) is 35.6. The Balaban J connectivity index is 1.45.